The Morgan fingerprint density at radius 2 is 1.77 bits per heavy atom. The lowest BCUT2D eigenvalue weighted by molar-refractivity contribution is -0.114. The van der Waals surface area contributed by atoms with E-state index in [1.807, 2.05) is 12.1 Å². The Bertz CT molecular complexity index is 1250. The van der Waals surface area contributed by atoms with Crippen molar-refractivity contribution in [3.05, 3.63) is 57.7 Å². The number of nitrogens with one attached hydrogen (secondary N) is 1. The minimum absolute atomic E-state index is 0.0626. The van der Waals surface area contributed by atoms with Crippen LogP contribution in [-0.2, 0) is 27.3 Å². The number of rotatable bonds is 5. The van der Waals surface area contributed by atoms with Crippen LogP contribution in [0.2, 0.25) is 0 Å². The molecule has 1 heterocycles. The van der Waals surface area contributed by atoms with E-state index in [1.54, 1.807) is 37.4 Å². The fourth-order valence-electron chi connectivity index (χ4n) is 3.07. The Balaban J connectivity index is 1.82. The first-order chi connectivity index (χ1) is 13.9. The summed E-state index contributed by atoms with van der Waals surface area (Å²) >= 11 is 1.09. The maximum Gasteiger partial charge on any atom is 0.307 e. The van der Waals surface area contributed by atoms with Crippen LogP contribution in [0, 0.1) is 0 Å². The van der Waals surface area contributed by atoms with Crippen LogP contribution in [0.1, 0.15) is 26.3 Å². The molecule has 1 amide bonds. The molecule has 3 aromatic rings. The van der Waals surface area contributed by atoms with E-state index in [1.165, 1.54) is 4.57 Å². The lowest BCUT2D eigenvalue weighted by Gasteiger charge is -2.24. The van der Waals surface area contributed by atoms with Crippen LogP contribution in [0.4, 0.5) is 11.4 Å². The highest BCUT2D eigenvalue weighted by Gasteiger charge is 2.22. The molecule has 0 unspecified atom stereocenters. The third kappa shape index (κ3) is 4.73. The van der Waals surface area contributed by atoms with Gasteiger partial charge in [0.05, 0.1) is 22.2 Å². The summed E-state index contributed by atoms with van der Waals surface area (Å²) in [6.07, 6.45) is 1.07. The van der Waals surface area contributed by atoms with Gasteiger partial charge in [-0.05, 0) is 41.3 Å². The zero-order valence-electron chi connectivity index (χ0n) is 17.6. The predicted octanol–water partition coefficient (Wildman–Crippen LogP) is 3.30. The molecule has 0 atom stereocenters. The highest BCUT2D eigenvalue weighted by molar-refractivity contribution is 7.92. The highest BCUT2D eigenvalue weighted by Crippen LogP contribution is 2.26. The van der Waals surface area contributed by atoms with Gasteiger partial charge < -0.3 is 9.88 Å². The van der Waals surface area contributed by atoms with Gasteiger partial charge in [-0.15, -0.1) is 0 Å². The average Bonchev–Trinajstić information content (AvgIpc) is 2.92. The van der Waals surface area contributed by atoms with Crippen molar-refractivity contribution in [2.45, 2.75) is 26.2 Å². The van der Waals surface area contributed by atoms with Gasteiger partial charge in [0.1, 0.15) is 6.54 Å². The first-order valence-corrected chi connectivity index (χ1v) is 12.0. The number of nitrogens with zero attached hydrogens (tertiary/aromatic N) is 2. The third-order valence-corrected chi connectivity index (χ3v) is 6.92. The van der Waals surface area contributed by atoms with Gasteiger partial charge in [-0.2, -0.15) is 0 Å². The van der Waals surface area contributed by atoms with Crippen LogP contribution in [0.25, 0.3) is 10.2 Å². The molecule has 0 bridgehead atoms. The number of sulfonamides is 1. The molecule has 1 N–H and O–H groups in total. The summed E-state index contributed by atoms with van der Waals surface area (Å²) in [6, 6.07) is 12.3. The zero-order valence-corrected chi connectivity index (χ0v) is 19.2. The number of hydrogen-bond acceptors (Lipinski definition) is 5. The lowest BCUT2D eigenvalue weighted by Crippen LogP contribution is -2.37. The Hall–Kier alpha value is -2.65. The number of hydrogen-bond donors (Lipinski definition) is 1. The molecule has 30 heavy (non-hydrogen) atoms. The van der Waals surface area contributed by atoms with E-state index in [-0.39, 0.29) is 16.8 Å². The number of amides is 1. The second-order valence-corrected chi connectivity index (χ2v) is 11.1. The van der Waals surface area contributed by atoms with Crippen molar-refractivity contribution >= 4 is 48.9 Å². The third-order valence-electron chi connectivity index (χ3n) is 4.78. The SMILES string of the molecule is Cn1c(=O)sc2cc(NC(=O)CN(c3ccc(C(C)(C)C)cc3)S(C)(=O)=O)ccc21. The summed E-state index contributed by atoms with van der Waals surface area (Å²) in [5, 5.41) is 2.72. The number of anilines is 2. The number of thiazole rings is 1. The fraction of sp³-hybridized carbons (Fsp3) is 0.333. The predicted molar refractivity (Wildman–Crippen MR) is 123 cm³/mol. The zero-order chi connectivity index (χ0) is 22.3. The minimum atomic E-state index is -3.66. The van der Waals surface area contributed by atoms with E-state index >= 15 is 0 Å². The first kappa shape index (κ1) is 22.0. The number of benzene rings is 2. The van der Waals surface area contributed by atoms with Crippen molar-refractivity contribution < 1.29 is 13.2 Å². The van der Waals surface area contributed by atoms with Gasteiger partial charge >= 0.3 is 4.87 Å². The quantitative estimate of drug-likeness (QED) is 0.650. The van der Waals surface area contributed by atoms with Crippen LogP contribution in [0.3, 0.4) is 0 Å². The molecular weight excluding hydrogens is 422 g/mol. The van der Waals surface area contributed by atoms with Crippen LogP contribution < -0.4 is 14.5 Å². The van der Waals surface area contributed by atoms with Crippen molar-refractivity contribution in [2.75, 3.05) is 22.4 Å². The molecule has 2 aromatic carbocycles. The molecule has 0 fully saturated rings. The monoisotopic (exact) mass is 447 g/mol. The van der Waals surface area contributed by atoms with Gasteiger partial charge in [-0.1, -0.05) is 44.2 Å². The summed E-state index contributed by atoms with van der Waals surface area (Å²) < 4.78 is 28.0. The molecule has 0 spiro atoms. The van der Waals surface area contributed by atoms with Crippen molar-refractivity contribution in [3.8, 4) is 0 Å². The molecule has 0 aliphatic rings. The summed E-state index contributed by atoms with van der Waals surface area (Å²) in [6.45, 7) is 5.87. The first-order valence-electron chi connectivity index (χ1n) is 9.34. The van der Waals surface area contributed by atoms with Gasteiger partial charge in [-0.3, -0.25) is 13.9 Å². The number of carbonyl (C=O) groups is 1. The van der Waals surface area contributed by atoms with Crippen LogP contribution in [0.5, 0.6) is 0 Å². The van der Waals surface area contributed by atoms with Crippen LogP contribution in [0.15, 0.2) is 47.3 Å². The normalized spacial score (nSPS) is 12.2. The molecule has 1 aromatic heterocycles. The van der Waals surface area contributed by atoms with E-state index in [9.17, 15) is 18.0 Å². The molecule has 0 aliphatic carbocycles. The van der Waals surface area contributed by atoms with E-state index in [4.69, 9.17) is 0 Å². The second kappa shape index (κ2) is 7.88. The van der Waals surface area contributed by atoms with Crippen LogP contribution >= 0.6 is 11.3 Å². The Kier molecular flexibility index (Phi) is 5.79. The van der Waals surface area contributed by atoms with E-state index in [0.29, 0.717) is 11.4 Å². The lowest BCUT2D eigenvalue weighted by atomic mass is 9.87. The van der Waals surface area contributed by atoms with Gasteiger partial charge in [0, 0.05) is 12.7 Å². The van der Waals surface area contributed by atoms with Gasteiger partial charge in [0.15, 0.2) is 0 Å². The number of carbonyl (C=O) groups excluding carboxylic acids is 1. The van der Waals surface area contributed by atoms with E-state index in [2.05, 4.69) is 26.1 Å². The number of aryl methyl sites for hydroxylation is 1. The molecule has 7 nitrogen and oxygen atoms in total. The molecular formula is C21H25N3O4S2. The van der Waals surface area contributed by atoms with Gasteiger partial charge in [-0.25, -0.2) is 8.42 Å². The minimum Gasteiger partial charge on any atom is -0.324 e. The second-order valence-electron chi connectivity index (χ2n) is 8.22. The summed E-state index contributed by atoms with van der Waals surface area (Å²) in [4.78, 5) is 24.3. The van der Waals surface area contributed by atoms with Crippen molar-refractivity contribution in [2.24, 2.45) is 7.05 Å². The Labute approximate surface area is 180 Å². The smallest absolute Gasteiger partial charge is 0.307 e. The molecule has 0 radical (unpaired) electrons. The average molecular weight is 448 g/mol. The van der Waals surface area contributed by atoms with Crippen LogP contribution in [-0.4, -0.2) is 31.7 Å². The molecule has 9 heteroatoms. The molecule has 0 saturated carbocycles. The van der Waals surface area contributed by atoms with E-state index < -0.39 is 15.9 Å². The fourth-order valence-corrected chi connectivity index (χ4v) is 4.85. The molecule has 0 saturated heterocycles. The van der Waals surface area contributed by atoms with Gasteiger partial charge in [0.25, 0.3) is 0 Å². The molecule has 0 aliphatic heterocycles. The van der Waals surface area contributed by atoms with Crippen molar-refractivity contribution in [3.63, 3.8) is 0 Å². The number of fused-ring (bicyclic) bond motifs is 1. The topological polar surface area (TPSA) is 88.5 Å². The highest BCUT2D eigenvalue weighted by atomic mass is 32.2. The van der Waals surface area contributed by atoms with Gasteiger partial charge in [0.2, 0.25) is 15.9 Å². The largest absolute Gasteiger partial charge is 0.324 e. The van der Waals surface area contributed by atoms with E-state index in [0.717, 1.165) is 37.7 Å². The Morgan fingerprint density at radius 1 is 1.13 bits per heavy atom. The maximum absolute atomic E-state index is 12.6. The molecule has 160 valence electrons. The summed E-state index contributed by atoms with van der Waals surface area (Å²) in [5.74, 6) is -0.469. The summed E-state index contributed by atoms with van der Waals surface area (Å²) in [5.41, 5.74) is 2.72. The standard InChI is InChI=1S/C21H25N3O4S2/c1-21(2,3)14-6-9-16(10-7-14)24(30(5,27)28)13-19(25)22-15-8-11-17-18(12-15)29-20(26)23(17)4/h6-12H,13H2,1-5H3,(H,22,25). The maximum atomic E-state index is 12.6. The van der Waals surface area contributed by atoms with Crippen molar-refractivity contribution in [1.82, 2.24) is 4.57 Å². The van der Waals surface area contributed by atoms with Crippen molar-refractivity contribution in [1.29, 1.82) is 0 Å². The molecule has 3 rings (SSSR count). The number of aromatic nitrogens is 1. The Morgan fingerprint density at radius 3 is 2.33 bits per heavy atom. The summed E-state index contributed by atoms with van der Waals surface area (Å²) in [7, 11) is -1.97.